The van der Waals surface area contributed by atoms with Gasteiger partial charge in [0.1, 0.15) is 0 Å². The first-order valence-electron chi connectivity index (χ1n) is 7.87. The van der Waals surface area contributed by atoms with Crippen molar-refractivity contribution >= 4 is 17.6 Å². The smallest absolute Gasteiger partial charge is 0.339 e. The summed E-state index contributed by atoms with van der Waals surface area (Å²) < 4.78 is 5.03. The Bertz CT molecular complexity index is 777. The molecular weight excluding hydrogens is 304 g/mol. The molecule has 126 valence electrons. The molecule has 0 bridgehead atoms. The van der Waals surface area contributed by atoms with Crippen molar-refractivity contribution in [3.8, 4) is 0 Å². The Morgan fingerprint density at radius 3 is 2.33 bits per heavy atom. The zero-order chi connectivity index (χ0) is 17.9. The van der Waals surface area contributed by atoms with Gasteiger partial charge in [0, 0.05) is 11.9 Å². The first-order valence-corrected chi connectivity index (χ1v) is 7.87. The van der Waals surface area contributed by atoms with Crippen LogP contribution in [0.15, 0.2) is 24.4 Å². The highest BCUT2D eigenvalue weighted by molar-refractivity contribution is 6.08. The molecule has 0 saturated heterocycles. The number of benzene rings is 1. The van der Waals surface area contributed by atoms with Gasteiger partial charge in [-0.25, -0.2) is 4.79 Å². The summed E-state index contributed by atoms with van der Waals surface area (Å²) in [6, 6.07) is 5.82. The van der Waals surface area contributed by atoms with Gasteiger partial charge in [0.25, 0.3) is 5.91 Å². The van der Waals surface area contributed by atoms with Crippen LogP contribution in [-0.4, -0.2) is 23.5 Å². The third-order valence-corrected chi connectivity index (χ3v) is 3.97. The molecule has 0 fully saturated rings. The average molecular weight is 326 g/mol. The molecule has 5 heteroatoms. The highest BCUT2D eigenvalue weighted by atomic mass is 16.5. The zero-order valence-corrected chi connectivity index (χ0v) is 14.7. The highest BCUT2D eigenvalue weighted by Crippen LogP contribution is 2.23. The lowest BCUT2D eigenvalue weighted by Gasteiger charge is -2.15. The van der Waals surface area contributed by atoms with Crippen LogP contribution >= 0.6 is 0 Å². The Kier molecular flexibility index (Phi) is 5.34. The third-order valence-electron chi connectivity index (χ3n) is 3.97. The van der Waals surface area contributed by atoms with Crippen LogP contribution in [0.4, 0.5) is 5.69 Å². The summed E-state index contributed by atoms with van der Waals surface area (Å²) in [7, 11) is 0. The molecule has 2 aromatic rings. The van der Waals surface area contributed by atoms with Crippen LogP contribution in [0.1, 0.15) is 50.0 Å². The molecule has 0 aliphatic carbocycles. The van der Waals surface area contributed by atoms with Crippen molar-refractivity contribution in [3.05, 3.63) is 57.9 Å². The molecule has 5 nitrogen and oxygen atoms in total. The van der Waals surface area contributed by atoms with Crippen LogP contribution in [0.3, 0.4) is 0 Å². The summed E-state index contributed by atoms with van der Waals surface area (Å²) >= 11 is 0. The van der Waals surface area contributed by atoms with Crippen LogP contribution in [0.5, 0.6) is 0 Å². The molecule has 1 N–H and O–H groups in total. The number of hydrogen-bond acceptors (Lipinski definition) is 4. The Morgan fingerprint density at radius 2 is 1.75 bits per heavy atom. The molecule has 1 amide bonds. The van der Waals surface area contributed by atoms with Crippen LogP contribution in [0.25, 0.3) is 0 Å². The van der Waals surface area contributed by atoms with Gasteiger partial charge in [0.15, 0.2) is 0 Å². The van der Waals surface area contributed by atoms with Gasteiger partial charge >= 0.3 is 5.97 Å². The molecule has 1 heterocycles. The number of aryl methyl sites for hydroxylation is 3. The second kappa shape index (κ2) is 7.25. The summed E-state index contributed by atoms with van der Waals surface area (Å²) in [6.45, 7) is 9.38. The number of rotatable bonds is 4. The second-order valence-corrected chi connectivity index (χ2v) is 5.70. The van der Waals surface area contributed by atoms with Gasteiger partial charge in [-0.15, -0.1) is 0 Å². The Morgan fingerprint density at radius 1 is 1.12 bits per heavy atom. The summed E-state index contributed by atoms with van der Waals surface area (Å²) in [5.74, 6) is -0.746. The van der Waals surface area contributed by atoms with E-state index in [9.17, 15) is 9.59 Å². The normalized spacial score (nSPS) is 10.4. The van der Waals surface area contributed by atoms with Gasteiger partial charge in [-0.1, -0.05) is 18.2 Å². The molecule has 2 rings (SSSR count). The van der Waals surface area contributed by atoms with Gasteiger partial charge < -0.3 is 10.1 Å². The molecule has 0 radical (unpaired) electrons. The first kappa shape index (κ1) is 17.7. The van der Waals surface area contributed by atoms with Crippen LogP contribution in [0.2, 0.25) is 0 Å². The van der Waals surface area contributed by atoms with Crippen molar-refractivity contribution in [1.82, 2.24) is 4.98 Å². The quantitative estimate of drug-likeness (QED) is 0.869. The largest absolute Gasteiger partial charge is 0.462 e. The lowest BCUT2D eigenvalue weighted by Crippen LogP contribution is -2.19. The molecule has 0 saturated carbocycles. The maximum absolute atomic E-state index is 12.8. The summed E-state index contributed by atoms with van der Waals surface area (Å²) in [5, 5.41) is 2.94. The minimum atomic E-state index is -0.469. The molecule has 24 heavy (non-hydrogen) atoms. The van der Waals surface area contributed by atoms with E-state index in [-0.39, 0.29) is 12.5 Å². The average Bonchev–Trinajstić information content (AvgIpc) is 2.51. The fourth-order valence-electron chi connectivity index (χ4n) is 2.67. The standard InChI is InChI=1S/C19H22N2O3/c1-6-24-19(23)15-10-20-14(5)16(13(15)4)18(22)21-17-11(2)8-7-9-12(17)3/h7-10H,6H2,1-5H3,(H,21,22). The number of anilines is 1. The maximum atomic E-state index is 12.8. The molecule has 0 atom stereocenters. The van der Waals surface area contributed by atoms with Gasteiger partial charge in [-0.3, -0.25) is 9.78 Å². The van der Waals surface area contributed by atoms with E-state index in [1.165, 1.54) is 6.20 Å². The number of pyridine rings is 1. The number of esters is 1. The van der Waals surface area contributed by atoms with Crippen molar-refractivity contribution in [2.45, 2.75) is 34.6 Å². The van der Waals surface area contributed by atoms with Crippen molar-refractivity contribution in [3.63, 3.8) is 0 Å². The predicted octanol–water partition coefficient (Wildman–Crippen LogP) is 3.74. The van der Waals surface area contributed by atoms with Crippen molar-refractivity contribution in [2.75, 3.05) is 11.9 Å². The van der Waals surface area contributed by atoms with E-state index in [0.717, 1.165) is 16.8 Å². The minimum absolute atomic E-state index is 0.274. The Hall–Kier alpha value is -2.69. The van der Waals surface area contributed by atoms with Gasteiger partial charge in [0.05, 0.1) is 23.4 Å². The van der Waals surface area contributed by atoms with E-state index in [2.05, 4.69) is 10.3 Å². The number of nitrogens with one attached hydrogen (secondary N) is 1. The zero-order valence-electron chi connectivity index (χ0n) is 14.7. The van der Waals surface area contributed by atoms with E-state index in [1.54, 1.807) is 20.8 Å². The summed E-state index contributed by atoms with van der Waals surface area (Å²) in [4.78, 5) is 29.0. The number of carbonyl (C=O) groups is 2. The SMILES string of the molecule is CCOC(=O)c1cnc(C)c(C(=O)Nc2c(C)cccc2C)c1C. The monoisotopic (exact) mass is 326 g/mol. The molecule has 0 aliphatic heterocycles. The number of nitrogens with zero attached hydrogens (tertiary/aromatic N) is 1. The lowest BCUT2D eigenvalue weighted by molar-refractivity contribution is 0.0525. The fourth-order valence-corrected chi connectivity index (χ4v) is 2.67. The predicted molar refractivity (Wildman–Crippen MR) is 93.5 cm³/mol. The highest BCUT2D eigenvalue weighted by Gasteiger charge is 2.21. The summed E-state index contributed by atoms with van der Waals surface area (Å²) in [5.41, 5.74) is 4.61. The molecule has 0 spiro atoms. The second-order valence-electron chi connectivity index (χ2n) is 5.70. The minimum Gasteiger partial charge on any atom is -0.462 e. The van der Waals surface area contributed by atoms with E-state index in [0.29, 0.717) is 22.4 Å². The van der Waals surface area contributed by atoms with Crippen molar-refractivity contribution < 1.29 is 14.3 Å². The van der Waals surface area contributed by atoms with Gasteiger partial charge in [-0.2, -0.15) is 0 Å². The van der Waals surface area contributed by atoms with Crippen molar-refractivity contribution in [1.29, 1.82) is 0 Å². The molecular formula is C19H22N2O3. The van der Waals surface area contributed by atoms with Crippen LogP contribution in [0, 0.1) is 27.7 Å². The molecule has 0 unspecified atom stereocenters. The first-order chi connectivity index (χ1) is 11.4. The molecule has 1 aromatic heterocycles. The number of aromatic nitrogens is 1. The molecule has 1 aromatic carbocycles. The van der Waals surface area contributed by atoms with Crippen LogP contribution in [-0.2, 0) is 4.74 Å². The van der Waals surface area contributed by atoms with E-state index >= 15 is 0 Å². The summed E-state index contributed by atoms with van der Waals surface area (Å²) in [6.07, 6.45) is 1.46. The number of para-hydroxylation sites is 1. The van der Waals surface area contributed by atoms with Gasteiger partial charge in [-0.05, 0) is 51.3 Å². The number of amides is 1. The number of hydrogen-bond donors (Lipinski definition) is 1. The third kappa shape index (κ3) is 3.45. The topological polar surface area (TPSA) is 68.3 Å². The molecule has 0 aliphatic rings. The fraction of sp³-hybridized carbons (Fsp3) is 0.316. The van der Waals surface area contributed by atoms with Gasteiger partial charge in [0.2, 0.25) is 0 Å². The van der Waals surface area contributed by atoms with E-state index in [1.807, 2.05) is 32.0 Å². The number of ether oxygens (including phenoxy) is 1. The van der Waals surface area contributed by atoms with E-state index < -0.39 is 5.97 Å². The lowest BCUT2D eigenvalue weighted by atomic mass is 10.0. The number of carbonyl (C=O) groups excluding carboxylic acids is 2. The van der Waals surface area contributed by atoms with Crippen LogP contribution < -0.4 is 5.32 Å². The Balaban J connectivity index is 2.42. The van der Waals surface area contributed by atoms with E-state index in [4.69, 9.17) is 4.74 Å². The Labute approximate surface area is 142 Å². The maximum Gasteiger partial charge on any atom is 0.339 e. The van der Waals surface area contributed by atoms with Crippen molar-refractivity contribution in [2.24, 2.45) is 0 Å².